The first kappa shape index (κ1) is 10.1. The quantitative estimate of drug-likeness (QED) is 0.359. The zero-order valence-electron chi connectivity index (χ0n) is 7.97. The Morgan fingerprint density at radius 1 is 1.27 bits per heavy atom. The highest BCUT2D eigenvalue weighted by atomic mass is 16.7. The monoisotopic (exact) mass is 213 g/mol. The van der Waals surface area contributed by atoms with Gasteiger partial charge in [-0.15, -0.1) is 0 Å². The van der Waals surface area contributed by atoms with Crippen LogP contribution < -0.4 is 5.90 Å². The highest BCUT2D eigenvalue weighted by Crippen LogP contribution is 2.39. The van der Waals surface area contributed by atoms with Gasteiger partial charge in [0.15, 0.2) is 0 Å². The van der Waals surface area contributed by atoms with Crippen molar-refractivity contribution < 1.29 is 24.0 Å². The molecule has 0 spiro atoms. The molecule has 0 aromatic carbocycles. The van der Waals surface area contributed by atoms with Crippen LogP contribution in [0.3, 0.4) is 0 Å². The standard InChI is InChI=1S/C9H11NO5/c10-15-7(11)4-1-2-5-6(3-4)9(13)14-8(5)12/h4-6H,1-3,10H2. The summed E-state index contributed by atoms with van der Waals surface area (Å²) in [5.41, 5.74) is 0. The van der Waals surface area contributed by atoms with Gasteiger partial charge in [-0.25, -0.2) is 0 Å². The Labute approximate surface area is 85.7 Å². The molecule has 82 valence electrons. The molecular formula is C9H11NO5. The second-order valence-corrected chi connectivity index (χ2v) is 3.90. The van der Waals surface area contributed by atoms with Crippen LogP contribution in [0.2, 0.25) is 0 Å². The molecular weight excluding hydrogens is 202 g/mol. The molecule has 1 saturated carbocycles. The smallest absolute Gasteiger partial charge is 0.327 e. The number of esters is 2. The summed E-state index contributed by atoms with van der Waals surface area (Å²) in [6.45, 7) is 0. The van der Waals surface area contributed by atoms with E-state index in [1.807, 2.05) is 0 Å². The third kappa shape index (κ3) is 1.61. The van der Waals surface area contributed by atoms with E-state index in [1.54, 1.807) is 0 Å². The van der Waals surface area contributed by atoms with E-state index in [4.69, 9.17) is 5.90 Å². The first-order chi connectivity index (χ1) is 7.13. The lowest BCUT2D eigenvalue weighted by Crippen LogP contribution is -2.32. The summed E-state index contributed by atoms with van der Waals surface area (Å²) in [4.78, 5) is 37.7. The van der Waals surface area contributed by atoms with Gasteiger partial charge in [-0.3, -0.25) is 14.4 Å². The summed E-state index contributed by atoms with van der Waals surface area (Å²) in [7, 11) is 0. The molecule has 2 fully saturated rings. The lowest BCUT2D eigenvalue weighted by Gasteiger charge is -2.25. The molecule has 2 N–H and O–H groups in total. The molecule has 15 heavy (non-hydrogen) atoms. The largest absolute Gasteiger partial charge is 0.393 e. The average molecular weight is 213 g/mol. The molecule has 2 aliphatic rings. The van der Waals surface area contributed by atoms with Crippen molar-refractivity contribution in [1.29, 1.82) is 0 Å². The van der Waals surface area contributed by atoms with Crippen LogP contribution in [0.4, 0.5) is 0 Å². The minimum Gasteiger partial charge on any atom is -0.393 e. The van der Waals surface area contributed by atoms with Crippen LogP contribution in [0.15, 0.2) is 0 Å². The molecule has 1 saturated heterocycles. The lowest BCUT2D eigenvalue weighted by atomic mass is 9.75. The van der Waals surface area contributed by atoms with Crippen LogP contribution in [0.25, 0.3) is 0 Å². The molecule has 0 amide bonds. The number of fused-ring (bicyclic) bond motifs is 1. The van der Waals surface area contributed by atoms with Crippen LogP contribution in [-0.2, 0) is 24.0 Å². The van der Waals surface area contributed by atoms with Gasteiger partial charge in [0.05, 0.1) is 17.8 Å². The molecule has 1 aliphatic heterocycles. The Balaban J connectivity index is 2.08. The highest BCUT2D eigenvalue weighted by molar-refractivity contribution is 5.97. The predicted octanol–water partition coefficient (Wildman–Crippen LogP) is -0.481. The number of nitrogens with two attached hydrogens (primary N) is 1. The van der Waals surface area contributed by atoms with Crippen molar-refractivity contribution in [2.24, 2.45) is 23.7 Å². The predicted molar refractivity (Wildman–Crippen MR) is 45.7 cm³/mol. The maximum Gasteiger partial charge on any atom is 0.327 e. The number of ether oxygens (including phenoxy) is 1. The molecule has 6 heteroatoms. The number of hydrogen-bond acceptors (Lipinski definition) is 6. The van der Waals surface area contributed by atoms with Crippen LogP contribution in [0.5, 0.6) is 0 Å². The van der Waals surface area contributed by atoms with Crippen molar-refractivity contribution in [3.63, 3.8) is 0 Å². The molecule has 1 heterocycles. The van der Waals surface area contributed by atoms with Crippen molar-refractivity contribution in [1.82, 2.24) is 0 Å². The fourth-order valence-electron chi connectivity index (χ4n) is 2.27. The molecule has 0 aromatic heterocycles. The normalized spacial score (nSPS) is 34.6. The first-order valence-corrected chi connectivity index (χ1v) is 4.79. The van der Waals surface area contributed by atoms with Crippen molar-refractivity contribution >= 4 is 17.9 Å². The van der Waals surface area contributed by atoms with Gasteiger partial charge in [0.2, 0.25) is 0 Å². The fourth-order valence-corrected chi connectivity index (χ4v) is 2.27. The number of carbonyl (C=O) groups is 3. The second kappa shape index (κ2) is 3.62. The van der Waals surface area contributed by atoms with Crippen molar-refractivity contribution in [3.8, 4) is 0 Å². The SMILES string of the molecule is NOC(=O)C1CCC2C(=O)OC(=O)C2C1. The number of hydrogen-bond donors (Lipinski definition) is 1. The van der Waals surface area contributed by atoms with Gasteiger partial charge < -0.3 is 9.57 Å². The summed E-state index contributed by atoms with van der Waals surface area (Å²) in [5, 5.41) is 0. The molecule has 2 rings (SSSR count). The van der Waals surface area contributed by atoms with Gasteiger partial charge in [0.25, 0.3) is 0 Å². The number of rotatable bonds is 1. The van der Waals surface area contributed by atoms with E-state index >= 15 is 0 Å². The molecule has 0 bridgehead atoms. The molecule has 6 nitrogen and oxygen atoms in total. The highest BCUT2D eigenvalue weighted by Gasteiger charge is 2.49. The summed E-state index contributed by atoms with van der Waals surface area (Å²) in [6, 6.07) is 0. The van der Waals surface area contributed by atoms with Gasteiger partial charge >= 0.3 is 17.9 Å². The van der Waals surface area contributed by atoms with E-state index in [0.29, 0.717) is 19.3 Å². The van der Waals surface area contributed by atoms with Crippen molar-refractivity contribution in [2.75, 3.05) is 0 Å². The van der Waals surface area contributed by atoms with Gasteiger partial charge in [-0.2, -0.15) is 5.90 Å². The van der Waals surface area contributed by atoms with E-state index in [2.05, 4.69) is 9.57 Å². The Morgan fingerprint density at radius 2 is 1.93 bits per heavy atom. The van der Waals surface area contributed by atoms with Crippen LogP contribution in [-0.4, -0.2) is 17.9 Å². The molecule has 0 radical (unpaired) electrons. The Hall–Kier alpha value is -1.43. The zero-order chi connectivity index (χ0) is 11.0. The summed E-state index contributed by atoms with van der Waals surface area (Å²) in [6.07, 6.45) is 1.29. The number of carbonyl (C=O) groups excluding carboxylic acids is 3. The average Bonchev–Trinajstić information content (AvgIpc) is 2.53. The van der Waals surface area contributed by atoms with E-state index in [9.17, 15) is 14.4 Å². The minimum absolute atomic E-state index is 0.297. The third-order valence-electron chi connectivity index (χ3n) is 3.11. The first-order valence-electron chi connectivity index (χ1n) is 4.79. The maximum absolute atomic E-state index is 11.2. The zero-order valence-corrected chi connectivity index (χ0v) is 7.97. The minimum atomic E-state index is -0.528. The van der Waals surface area contributed by atoms with E-state index in [1.165, 1.54) is 0 Å². The fraction of sp³-hybridized carbons (Fsp3) is 0.667. The lowest BCUT2D eigenvalue weighted by molar-refractivity contribution is -0.153. The molecule has 0 aromatic rings. The Kier molecular flexibility index (Phi) is 2.44. The van der Waals surface area contributed by atoms with Crippen molar-refractivity contribution in [2.45, 2.75) is 19.3 Å². The molecule has 3 atom stereocenters. The second-order valence-electron chi connectivity index (χ2n) is 3.90. The Bertz CT molecular complexity index is 326. The van der Waals surface area contributed by atoms with E-state index in [-0.39, 0.29) is 5.92 Å². The third-order valence-corrected chi connectivity index (χ3v) is 3.11. The van der Waals surface area contributed by atoms with Gasteiger partial charge in [-0.05, 0) is 19.3 Å². The Morgan fingerprint density at radius 3 is 2.60 bits per heavy atom. The van der Waals surface area contributed by atoms with Gasteiger partial charge in [0, 0.05) is 0 Å². The van der Waals surface area contributed by atoms with Gasteiger partial charge in [0.1, 0.15) is 0 Å². The summed E-state index contributed by atoms with van der Waals surface area (Å²) < 4.78 is 4.51. The van der Waals surface area contributed by atoms with Gasteiger partial charge in [-0.1, -0.05) is 0 Å². The van der Waals surface area contributed by atoms with Crippen molar-refractivity contribution in [3.05, 3.63) is 0 Å². The summed E-state index contributed by atoms with van der Waals surface area (Å²) >= 11 is 0. The topological polar surface area (TPSA) is 95.7 Å². The summed E-state index contributed by atoms with van der Waals surface area (Å²) in [5.74, 6) is 1.99. The van der Waals surface area contributed by atoms with Crippen LogP contribution in [0.1, 0.15) is 19.3 Å². The molecule has 3 unspecified atom stereocenters. The van der Waals surface area contributed by atoms with Crippen LogP contribution in [0, 0.1) is 17.8 Å². The van der Waals surface area contributed by atoms with E-state index < -0.39 is 29.7 Å². The maximum atomic E-state index is 11.2. The number of cyclic esters (lactones) is 2. The van der Waals surface area contributed by atoms with E-state index in [0.717, 1.165) is 0 Å². The van der Waals surface area contributed by atoms with Crippen LogP contribution >= 0.6 is 0 Å². The molecule has 1 aliphatic carbocycles.